The van der Waals surface area contributed by atoms with E-state index in [9.17, 15) is 19.1 Å². The summed E-state index contributed by atoms with van der Waals surface area (Å²) >= 11 is 0. The molecular weight excluding hydrogens is 510 g/mol. The number of aromatic amines is 1. The average Bonchev–Trinajstić information content (AvgIpc) is 2.97. The van der Waals surface area contributed by atoms with Crippen LogP contribution in [-0.4, -0.2) is 65.1 Å². The van der Waals surface area contributed by atoms with Crippen LogP contribution in [0.1, 0.15) is 39.7 Å². The number of hydrogen-bond acceptors (Lipinski definition) is 7. The van der Waals surface area contributed by atoms with Crippen LogP contribution in [0.25, 0.3) is 10.8 Å². The average molecular weight is 532 g/mol. The summed E-state index contributed by atoms with van der Waals surface area (Å²) in [6, 6.07) is 13.8. The van der Waals surface area contributed by atoms with Crippen molar-refractivity contribution in [2.45, 2.75) is 12.4 Å². The summed E-state index contributed by atoms with van der Waals surface area (Å²) in [6.45, 7) is 3.21. The smallest absolute Gasteiger partial charge is 0.272 e. The monoisotopic (exact) mass is 532 g/mol. The highest BCUT2D eigenvalue weighted by Crippen LogP contribution is 2.31. The maximum atomic E-state index is 14.9. The van der Waals surface area contributed by atoms with Crippen LogP contribution in [0.4, 0.5) is 10.2 Å². The normalized spacial score (nSPS) is 14.7. The Balaban J connectivity index is 1.43. The van der Waals surface area contributed by atoms with Gasteiger partial charge < -0.3 is 14.9 Å². The molecule has 0 bridgehead atoms. The number of anilines is 1. The summed E-state index contributed by atoms with van der Waals surface area (Å²) in [6.07, 6.45) is 1.49. The highest BCUT2D eigenvalue weighted by Gasteiger charge is 2.32. The second kappa shape index (κ2) is 10.6. The van der Waals surface area contributed by atoms with E-state index in [2.05, 4.69) is 27.0 Å². The Bertz CT molecular complexity index is 1780. The predicted octanol–water partition coefficient (Wildman–Crippen LogP) is 2.02. The minimum absolute atomic E-state index is 0.0190. The second-order valence-electron chi connectivity index (χ2n) is 9.29. The van der Waals surface area contributed by atoms with E-state index in [1.54, 1.807) is 37.3 Å². The van der Waals surface area contributed by atoms with Crippen molar-refractivity contribution in [2.75, 3.05) is 31.1 Å². The van der Waals surface area contributed by atoms with Crippen molar-refractivity contribution in [1.82, 2.24) is 20.1 Å². The first-order chi connectivity index (χ1) is 19.2. The minimum Gasteiger partial charge on any atom is -0.389 e. The number of rotatable bonds is 4. The molecule has 3 heterocycles. The van der Waals surface area contributed by atoms with Crippen molar-refractivity contribution in [1.29, 1.82) is 5.26 Å². The molecule has 4 aromatic rings. The zero-order valence-corrected chi connectivity index (χ0v) is 21.5. The SMILES string of the molecule is [B]C(O)(c1ccc(F)c(C(=O)N2CCN(c3ccc(C#N)cn3)CC2)c1)c1n[nH]c(=O)c2ccc(C#CC)cc12. The van der Waals surface area contributed by atoms with Crippen LogP contribution in [0.15, 0.2) is 59.5 Å². The van der Waals surface area contributed by atoms with Gasteiger partial charge >= 0.3 is 0 Å². The number of carbonyl (C=O) groups excluding carboxylic acids is 1. The van der Waals surface area contributed by atoms with E-state index in [1.807, 2.05) is 11.0 Å². The van der Waals surface area contributed by atoms with Gasteiger partial charge in [-0.15, -0.1) is 5.92 Å². The molecule has 1 saturated heterocycles. The number of halogens is 1. The Morgan fingerprint density at radius 3 is 2.52 bits per heavy atom. The fourth-order valence-electron chi connectivity index (χ4n) is 4.69. The van der Waals surface area contributed by atoms with Gasteiger partial charge in [0, 0.05) is 43.3 Å². The van der Waals surface area contributed by atoms with Gasteiger partial charge in [-0.25, -0.2) is 14.5 Å². The molecule has 5 rings (SSSR count). The third kappa shape index (κ3) is 4.91. The Labute approximate surface area is 230 Å². The fourth-order valence-corrected chi connectivity index (χ4v) is 4.69. The molecule has 2 N–H and O–H groups in total. The van der Waals surface area contributed by atoms with Gasteiger partial charge in [0.25, 0.3) is 11.5 Å². The minimum atomic E-state index is -2.27. The summed E-state index contributed by atoms with van der Waals surface area (Å²) in [5.41, 5.74) is -2.02. The summed E-state index contributed by atoms with van der Waals surface area (Å²) in [5, 5.41) is 27.3. The fraction of sp³-hybridized carbons (Fsp3) is 0.207. The number of fused-ring (bicyclic) bond motifs is 1. The quantitative estimate of drug-likeness (QED) is 0.304. The molecule has 1 aliphatic heterocycles. The van der Waals surface area contributed by atoms with Crippen molar-refractivity contribution in [2.24, 2.45) is 0 Å². The highest BCUT2D eigenvalue weighted by atomic mass is 19.1. The zero-order chi connectivity index (χ0) is 28.4. The van der Waals surface area contributed by atoms with Gasteiger partial charge in [-0.05, 0) is 55.0 Å². The number of carbonyl (C=O) groups is 1. The van der Waals surface area contributed by atoms with E-state index < -0.39 is 22.8 Å². The Morgan fingerprint density at radius 1 is 1.10 bits per heavy atom. The Morgan fingerprint density at radius 2 is 1.85 bits per heavy atom. The number of aromatic nitrogens is 3. The number of nitrogens with one attached hydrogen (secondary N) is 1. The van der Waals surface area contributed by atoms with Crippen molar-refractivity contribution in [3.8, 4) is 17.9 Å². The summed E-state index contributed by atoms with van der Waals surface area (Å²) in [7, 11) is 6.35. The van der Waals surface area contributed by atoms with Gasteiger partial charge in [-0.2, -0.15) is 10.4 Å². The van der Waals surface area contributed by atoms with Gasteiger partial charge in [-0.3, -0.25) is 9.59 Å². The lowest BCUT2D eigenvalue weighted by atomic mass is 9.71. The van der Waals surface area contributed by atoms with Gasteiger partial charge in [0.15, 0.2) is 0 Å². The molecule has 2 aromatic heterocycles. The molecule has 0 spiro atoms. The number of benzene rings is 2. The van der Waals surface area contributed by atoms with Crippen LogP contribution in [0, 0.1) is 29.0 Å². The van der Waals surface area contributed by atoms with Crippen LogP contribution in [0.3, 0.4) is 0 Å². The topological polar surface area (TPSA) is 126 Å². The maximum Gasteiger partial charge on any atom is 0.272 e. The third-order valence-electron chi connectivity index (χ3n) is 6.82. The molecule has 1 amide bonds. The number of pyridine rings is 1. The molecule has 9 nitrogen and oxygen atoms in total. The second-order valence-corrected chi connectivity index (χ2v) is 9.29. The lowest BCUT2D eigenvalue weighted by molar-refractivity contribution is 0.0741. The number of nitriles is 1. The van der Waals surface area contributed by atoms with Crippen LogP contribution in [0.5, 0.6) is 0 Å². The van der Waals surface area contributed by atoms with E-state index in [1.165, 1.54) is 23.2 Å². The number of nitrogens with zero attached hydrogens (tertiary/aromatic N) is 5. The van der Waals surface area contributed by atoms with Crippen LogP contribution >= 0.6 is 0 Å². The Kier molecular flexibility index (Phi) is 7.08. The zero-order valence-electron chi connectivity index (χ0n) is 21.5. The molecule has 196 valence electrons. The lowest BCUT2D eigenvalue weighted by Gasteiger charge is -2.35. The van der Waals surface area contributed by atoms with Crippen molar-refractivity contribution in [3.05, 3.63) is 98.8 Å². The maximum absolute atomic E-state index is 14.9. The van der Waals surface area contributed by atoms with Crippen molar-refractivity contribution in [3.63, 3.8) is 0 Å². The first-order valence-electron chi connectivity index (χ1n) is 12.4. The van der Waals surface area contributed by atoms with Crippen molar-refractivity contribution < 1.29 is 14.3 Å². The Hall–Kier alpha value is -5.00. The molecule has 0 aliphatic carbocycles. The standard InChI is InChI=1S/C29H22BFN6O3/c1-2-3-18-4-7-21-22(14-18)26(34-35-27(21)38)29(30,40)20-6-8-24(31)23(15-20)28(39)37-12-10-36(11-13-37)25-9-5-19(16-32)17-33-25/h4-9,14-15,17,40H,10-13H2,1H3,(H,35,38). The van der Waals surface area contributed by atoms with Crippen LogP contribution < -0.4 is 10.5 Å². The molecule has 1 atom stereocenters. The molecule has 2 aromatic carbocycles. The molecule has 1 fully saturated rings. The molecule has 0 saturated carbocycles. The van der Waals surface area contributed by atoms with E-state index in [0.29, 0.717) is 43.1 Å². The van der Waals surface area contributed by atoms with Crippen LogP contribution in [0.2, 0.25) is 0 Å². The van der Waals surface area contributed by atoms with Gasteiger partial charge in [0.1, 0.15) is 25.6 Å². The molecular formula is C29H22BFN6O3. The molecule has 1 unspecified atom stereocenters. The van der Waals surface area contributed by atoms with Gasteiger partial charge in [-0.1, -0.05) is 12.0 Å². The van der Waals surface area contributed by atoms with Gasteiger partial charge in [0.05, 0.1) is 27.7 Å². The highest BCUT2D eigenvalue weighted by molar-refractivity contribution is 6.18. The number of hydrogen-bond donors (Lipinski definition) is 2. The van der Waals surface area contributed by atoms with Crippen LogP contribution in [-0.2, 0) is 5.50 Å². The predicted molar refractivity (Wildman–Crippen MR) is 147 cm³/mol. The number of H-pyrrole nitrogens is 1. The number of piperazine rings is 1. The van der Waals surface area contributed by atoms with E-state index in [0.717, 1.165) is 6.07 Å². The molecule has 11 heteroatoms. The summed E-state index contributed by atoms with van der Waals surface area (Å²) < 4.78 is 14.9. The summed E-state index contributed by atoms with van der Waals surface area (Å²) in [4.78, 5) is 33.5. The van der Waals surface area contributed by atoms with Crippen molar-refractivity contribution >= 4 is 30.3 Å². The summed E-state index contributed by atoms with van der Waals surface area (Å²) in [5.74, 6) is 5.03. The van der Waals surface area contributed by atoms with E-state index in [4.69, 9.17) is 13.1 Å². The molecule has 40 heavy (non-hydrogen) atoms. The van der Waals surface area contributed by atoms with E-state index >= 15 is 0 Å². The first kappa shape index (κ1) is 26.6. The number of amides is 1. The lowest BCUT2D eigenvalue weighted by Crippen LogP contribution is -2.49. The van der Waals surface area contributed by atoms with E-state index in [-0.39, 0.29) is 27.6 Å². The first-order valence-corrected chi connectivity index (χ1v) is 12.4. The number of aliphatic hydroxyl groups is 1. The third-order valence-corrected chi connectivity index (χ3v) is 6.82. The largest absolute Gasteiger partial charge is 0.389 e. The molecule has 1 aliphatic rings. The van der Waals surface area contributed by atoms with Gasteiger partial charge in [0.2, 0.25) is 0 Å². The molecule has 2 radical (unpaired) electrons.